The Balaban J connectivity index is 1.57. The molecule has 1 fully saturated rings. The number of hydrogen-bond acceptors (Lipinski definition) is 3. The molecule has 1 aliphatic heterocycles. The molecule has 1 aliphatic rings. The Kier molecular flexibility index (Phi) is 4.71. The van der Waals surface area contributed by atoms with Crippen molar-refractivity contribution in [1.29, 1.82) is 0 Å². The van der Waals surface area contributed by atoms with E-state index >= 15 is 0 Å². The van der Waals surface area contributed by atoms with Gasteiger partial charge in [-0.1, -0.05) is 18.2 Å². The number of aromatic nitrogens is 1. The van der Waals surface area contributed by atoms with Crippen LogP contribution in [0, 0.1) is 5.82 Å². The first-order chi connectivity index (χ1) is 11.2. The number of hydrogen-bond donors (Lipinski definition) is 2. The maximum atomic E-state index is 13.5. The summed E-state index contributed by atoms with van der Waals surface area (Å²) in [5, 5.41) is 5.44. The highest BCUT2D eigenvalue weighted by Crippen LogP contribution is 2.19. The molecule has 6 heteroatoms. The summed E-state index contributed by atoms with van der Waals surface area (Å²) in [4.78, 5) is 18.0. The third-order valence-corrected chi connectivity index (χ3v) is 3.90. The first-order valence-electron chi connectivity index (χ1n) is 7.69. The highest BCUT2D eigenvalue weighted by atomic mass is 19.1. The molecule has 3 rings (SSSR count). The molecule has 2 amide bonds. The van der Waals surface area contributed by atoms with Crippen LogP contribution in [0.1, 0.15) is 12.8 Å². The van der Waals surface area contributed by atoms with E-state index in [9.17, 15) is 9.18 Å². The molecule has 1 saturated heterocycles. The monoisotopic (exact) mass is 314 g/mol. The fourth-order valence-electron chi connectivity index (χ4n) is 2.79. The standard InChI is InChI=1S/C17H19FN4O/c18-15-11-19-9-8-16(15)21-17(23)20-13-5-4-10-22(12-13)14-6-2-1-3-7-14/h1-3,6-9,11,13H,4-5,10,12H2,(H2,19,20,21,23). The van der Waals surface area contributed by atoms with Crippen molar-refractivity contribution in [3.63, 3.8) is 0 Å². The minimum atomic E-state index is -0.544. The molecule has 23 heavy (non-hydrogen) atoms. The number of rotatable bonds is 3. The number of carbonyl (C=O) groups excluding carboxylic acids is 1. The topological polar surface area (TPSA) is 57.3 Å². The molecule has 0 bridgehead atoms. The zero-order valence-electron chi connectivity index (χ0n) is 12.7. The minimum absolute atomic E-state index is 0.0360. The molecular formula is C17H19FN4O. The Morgan fingerprint density at radius 1 is 1.26 bits per heavy atom. The third-order valence-electron chi connectivity index (χ3n) is 3.90. The second-order valence-corrected chi connectivity index (χ2v) is 5.57. The van der Waals surface area contributed by atoms with Gasteiger partial charge in [0, 0.05) is 31.0 Å². The number of para-hydroxylation sites is 1. The van der Waals surface area contributed by atoms with E-state index in [-0.39, 0.29) is 11.7 Å². The first kappa shape index (κ1) is 15.3. The lowest BCUT2D eigenvalue weighted by molar-refractivity contribution is 0.246. The highest BCUT2D eigenvalue weighted by molar-refractivity contribution is 5.89. The van der Waals surface area contributed by atoms with Gasteiger partial charge in [0.25, 0.3) is 0 Å². The largest absolute Gasteiger partial charge is 0.369 e. The summed E-state index contributed by atoms with van der Waals surface area (Å²) in [5.41, 5.74) is 1.29. The summed E-state index contributed by atoms with van der Waals surface area (Å²) in [5.74, 6) is -0.544. The van der Waals surface area contributed by atoms with Gasteiger partial charge in [-0.05, 0) is 31.0 Å². The van der Waals surface area contributed by atoms with Crippen molar-refractivity contribution in [2.45, 2.75) is 18.9 Å². The van der Waals surface area contributed by atoms with Crippen LogP contribution in [0.3, 0.4) is 0 Å². The second-order valence-electron chi connectivity index (χ2n) is 5.57. The van der Waals surface area contributed by atoms with Crippen LogP contribution in [0.2, 0.25) is 0 Å². The Labute approximate surface area is 134 Å². The predicted molar refractivity (Wildman–Crippen MR) is 88.0 cm³/mol. The van der Waals surface area contributed by atoms with E-state index in [1.165, 1.54) is 12.3 Å². The Morgan fingerprint density at radius 2 is 2.09 bits per heavy atom. The normalized spacial score (nSPS) is 17.6. The lowest BCUT2D eigenvalue weighted by Gasteiger charge is -2.34. The molecule has 1 aromatic heterocycles. The van der Waals surface area contributed by atoms with Gasteiger partial charge in [0.05, 0.1) is 11.9 Å². The number of piperidine rings is 1. The van der Waals surface area contributed by atoms with Gasteiger partial charge in [0.2, 0.25) is 0 Å². The molecule has 1 atom stereocenters. The Hall–Kier alpha value is -2.63. The molecule has 2 N–H and O–H groups in total. The lowest BCUT2D eigenvalue weighted by atomic mass is 10.1. The van der Waals surface area contributed by atoms with Gasteiger partial charge in [-0.2, -0.15) is 0 Å². The maximum absolute atomic E-state index is 13.5. The average Bonchev–Trinajstić information content (AvgIpc) is 2.58. The minimum Gasteiger partial charge on any atom is -0.369 e. The summed E-state index contributed by atoms with van der Waals surface area (Å²) in [7, 11) is 0. The van der Waals surface area contributed by atoms with Crippen molar-refractivity contribution in [1.82, 2.24) is 10.3 Å². The van der Waals surface area contributed by atoms with Gasteiger partial charge >= 0.3 is 6.03 Å². The van der Waals surface area contributed by atoms with Crippen molar-refractivity contribution >= 4 is 17.4 Å². The molecule has 0 spiro atoms. The average molecular weight is 314 g/mol. The summed E-state index contributed by atoms with van der Waals surface area (Å²) in [6.07, 6.45) is 4.43. The number of benzene rings is 1. The van der Waals surface area contributed by atoms with E-state index in [2.05, 4.69) is 32.7 Å². The van der Waals surface area contributed by atoms with Crippen LogP contribution in [-0.2, 0) is 0 Å². The Morgan fingerprint density at radius 3 is 2.87 bits per heavy atom. The summed E-state index contributed by atoms with van der Waals surface area (Å²) < 4.78 is 13.5. The van der Waals surface area contributed by atoms with Crippen molar-refractivity contribution in [3.8, 4) is 0 Å². The van der Waals surface area contributed by atoms with E-state index in [1.54, 1.807) is 0 Å². The number of nitrogens with one attached hydrogen (secondary N) is 2. The van der Waals surface area contributed by atoms with Crippen molar-refractivity contribution in [2.75, 3.05) is 23.3 Å². The molecule has 0 radical (unpaired) electrons. The number of pyridine rings is 1. The van der Waals surface area contributed by atoms with Gasteiger partial charge in [-0.15, -0.1) is 0 Å². The van der Waals surface area contributed by atoms with Crippen LogP contribution in [-0.4, -0.2) is 30.1 Å². The summed E-state index contributed by atoms with van der Waals surface area (Å²) in [6.45, 7) is 1.72. The number of urea groups is 1. The Bertz CT molecular complexity index is 665. The van der Waals surface area contributed by atoms with E-state index in [4.69, 9.17) is 0 Å². The SMILES string of the molecule is O=C(Nc1ccncc1F)NC1CCCN(c2ccccc2)C1. The van der Waals surface area contributed by atoms with Crippen LogP contribution in [0.15, 0.2) is 48.8 Å². The van der Waals surface area contributed by atoms with Gasteiger partial charge in [-0.3, -0.25) is 4.98 Å². The molecule has 0 saturated carbocycles. The quantitative estimate of drug-likeness (QED) is 0.915. The fraction of sp³-hybridized carbons (Fsp3) is 0.294. The number of carbonyl (C=O) groups is 1. The zero-order valence-corrected chi connectivity index (χ0v) is 12.7. The second kappa shape index (κ2) is 7.09. The summed E-state index contributed by atoms with van der Waals surface area (Å²) in [6, 6.07) is 11.2. The van der Waals surface area contributed by atoms with Crippen LogP contribution < -0.4 is 15.5 Å². The van der Waals surface area contributed by atoms with Crippen molar-refractivity contribution in [2.24, 2.45) is 0 Å². The van der Waals surface area contributed by atoms with Crippen LogP contribution in [0.4, 0.5) is 20.6 Å². The lowest BCUT2D eigenvalue weighted by Crippen LogP contribution is -2.49. The first-order valence-corrected chi connectivity index (χ1v) is 7.69. The predicted octanol–water partition coefficient (Wildman–Crippen LogP) is 3.01. The smallest absolute Gasteiger partial charge is 0.319 e. The fourth-order valence-corrected chi connectivity index (χ4v) is 2.79. The molecule has 120 valence electrons. The van der Waals surface area contributed by atoms with Gasteiger partial charge in [0.1, 0.15) is 0 Å². The number of halogens is 1. The third kappa shape index (κ3) is 3.97. The van der Waals surface area contributed by atoms with E-state index in [0.29, 0.717) is 0 Å². The number of anilines is 2. The number of amides is 2. The van der Waals surface area contributed by atoms with Crippen molar-refractivity contribution < 1.29 is 9.18 Å². The number of nitrogens with zero attached hydrogens (tertiary/aromatic N) is 2. The van der Waals surface area contributed by atoms with Gasteiger partial charge < -0.3 is 15.5 Å². The van der Waals surface area contributed by atoms with Crippen LogP contribution >= 0.6 is 0 Å². The molecular weight excluding hydrogens is 295 g/mol. The van der Waals surface area contributed by atoms with Crippen LogP contribution in [0.25, 0.3) is 0 Å². The van der Waals surface area contributed by atoms with E-state index in [0.717, 1.165) is 37.8 Å². The molecule has 1 unspecified atom stereocenters. The van der Waals surface area contributed by atoms with E-state index < -0.39 is 11.8 Å². The van der Waals surface area contributed by atoms with Crippen molar-refractivity contribution in [3.05, 3.63) is 54.6 Å². The molecule has 2 heterocycles. The molecule has 2 aromatic rings. The summed E-state index contributed by atoms with van der Waals surface area (Å²) >= 11 is 0. The molecule has 0 aliphatic carbocycles. The van der Waals surface area contributed by atoms with Gasteiger partial charge in [-0.25, -0.2) is 9.18 Å². The maximum Gasteiger partial charge on any atom is 0.319 e. The van der Waals surface area contributed by atoms with E-state index in [1.807, 2.05) is 18.2 Å². The zero-order chi connectivity index (χ0) is 16.1. The highest BCUT2D eigenvalue weighted by Gasteiger charge is 2.21. The van der Waals surface area contributed by atoms with Gasteiger partial charge in [0.15, 0.2) is 5.82 Å². The molecule has 5 nitrogen and oxygen atoms in total. The molecule has 1 aromatic carbocycles. The van der Waals surface area contributed by atoms with Crippen LogP contribution in [0.5, 0.6) is 0 Å².